The largest absolute Gasteiger partial charge is 0.349 e. The van der Waals surface area contributed by atoms with E-state index in [0.29, 0.717) is 0 Å². The highest BCUT2D eigenvalue weighted by atomic mass is 16.1. The van der Waals surface area contributed by atoms with Gasteiger partial charge in [0.05, 0.1) is 6.04 Å². The number of benzene rings is 1. The molecule has 20 heavy (non-hydrogen) atoms. The predicted molar refractivity (Wildman–Crippen MR) is 82.3 cm³/mol. The van der Waals surface area contributed by atoms with Gasteiger partial charge < -0.3 is 11.1 Å². The lowest BCUT2D eigenvalue weighted by atomic mass is 9.87. The van der Waals surface area contributed by atoms with Crippen molar-refractivity contribution in [3.05, 3.63) is 35.4 Å². The first kappa shape index (κ1) is 15.0. The minimum atomic E-state index is -0.0148. The van der Waals surface area contributed by atoms with Crippen molar-refractivity contribution >= 4 is 5.91 Å². The quantitative estimate of drug-likeness (QED) is 0.867. The Hall–Kier alpha value is -1.35. The van der Waals surface area contributed by atoms with Crippen LogP contribution in [0.25, 0.3) is 0 Å². The van der Waals surface area contributed by atoms with Crippen LogP contribution in [0.1, 0.15) is 56.7 Å². The number of aryl methyl sites for hydroxylation is 1. The van der Waals surface area contributed by atoms with Crippen molar-refractivity contribution in [1.29, 1.82) is 0 Å². The lowest BCUT2D eigenvalue weighted by molar-refractivity contribution is -0.125. The maximum Gasteiger partial charge on any atom is 0.223 e. The molecule has 0 heterocycles. The molecule has 3 N–H and O–H groups in total. The summed E-state index contributed by atoms with van der Waals surface area (Å²) in [7, 11) is 0. The molecule has 0 saturated heterocycles. The van der Waals surface area contributed by atoms with Gasteiger partial charge in [0.25, 0.3) is 0 Å². The third-order valence-electron chi connectivity index (χ3n) is 4.31. The highest BCUT2D eigenvalue weighted by Crippen LogP contribution is 2.29. The van der Waals surface area contributed by atoms with E-state index >= 15 is 0 Å². The summed E-state index contributed by atoms with van der Waals surface area (Å²) >= 11 is 0. The zero-order chi connectivity index (χ0) is 14.5. The number of carbonyl (C=O) groups is 1. The number of nitrogens with two attached hydrogens (primary N) is 1. The van der Waals surface area contributed by atoms with Crippen molar-refractivity contribution in [2.45, 2.75) is 58.0 Å². The molecule has 3 heteroatoms. The second kappa shape index (κ2) is 6.89. The first-order valence-electron chi connectivity index (χ1n) is 7.75. The Balaban J connectivity index is 1.99. The van der Waals surface area contributed by atoms with Gasteiger partial charge in [0.1, 0.15) is 0 Å². The second-order valence-corrected chi connectivity index (χ2v) is 5.96. The summed E-state index contributed by atoms with van der Waals surface area (Å²) in [6.07, 6.45) is 4.99. The van der Waals surface area contributed by atoms with Crippen LogP contribution in [0.3, 0.4) is 0 Å². The minimum Gasteiger partial charge on any atom is -0.349 e. The molecule has 0 fully saturated rings. The topological polar surface area (TPSA) is 55.1 Å². The molecule has 2 rings (SSSR count). The zero-order valence-electron chi connectivity index (χ0n) is 12.6. The van der Waals surface area contributed by atoms with Crippen molar-refractivity contribution in [1.82, 2.24) is 5.32 Å². The Labute approximate surface area is 121 Å². The fourth-order valence-electron chi connectivity index (χ4n) is 2.95. The summed E-state index contributed by atoms with van der Waals surface area (Å²) in [5.74, 6) is 0.120. The molecule has 0 aromatic heterocycles. The van der Waals surface area contributed by atoms with Gasteiger partial charge in [-0.05, 0) is 43.2 Å². The molecular formula is C17H26N2O. The summed E-state index contributed by atoms with van der Waals surface area (Å²) in [4.78, 5) is 12.3. The summed E-state index contributed by atoms with van der Waals surface area (Å²) < 4.78 is 0. The number of amides is 1. The molecule has 1 amide bonds. The molecule has 1 aliphatic carbocycles. The van der Waals surface area contributed by atoms with E-state index in [-0.39, 0.29) is 23.9 Å². The Morgan fingerprint density at radius 1 is 1.45 bits per heavy atom. The van der Waals surface area contributed by atoms with E-state index in [2.05, 4.69) is 36.5 Å². The molecule has 110 valence electrons. The number of fused-ring (bicyclic) bond motifs is 1. The fraction of sp³-hybridized carbons (Fsp3) is 0.588. The first-order chi connectivity index (χ1) is 9.61. The third-order valence-corrected chi connectivity index (χ3v) is 4.31. The average molecular weight is 274 g/mol. The molecule has 3 atom stereocenters. The van der Waals surface area contributed by atoms with Crippen molar-refractivity contribution in [2.24, 2.45) is 11.7 Å². The van der Waals surface area contributed by atoms with Crippen LogP contribution in [0.4, 0.5) is 0 Å². The summed E-state index contributed by atoms with van der Waals surface area (Å²) in [5.41, 5.74) is 8.61. The molecule has 0 bridgehead atoms. The van der Waals surface area contributed by atoms with E-state index in [9.17, 15) is 4.79 Å². The standard InChI is InChI=1S/C17H26N2O/c1-3-14(18)11-12(2)17(20)19-16-10-6-8-13-7-4-5-9-15(13)16/h4-5,7,9,12,14,16H,3,6,8,10-11,18H2,1-2H3,(H,19,20)/t12-,14+,16+/m0/s1. The highest BCUT2D eigenvalue weighted by Gasteiger charge is 2.24. The lowest BCUT2D eigenvalue weighted by Gasteiger charge is -2.28. The number of rotatable bonds is 5. The molecule has 1 aliphatic rings. The normalized spacial score (nSPS) is 20.9. The van der Waals surface area contributed by atoms with Crippen LogP contribution >= 0.6 is 0 Å². The van der Waals surface area contributed by atoms with E-state index in [4.69, 9.17) is 5.73 Å². The molecule has 1 aromatic rings. The molecule has 0 spiro atoms. The van der Waals surface area contributed by atoms with Gasteiger partial charge in [0.2, 0.25) is 5.91 Å². The second-order valence-electron chi connectivity index (χ2n) is 5.96. The van der Waals surface area contributed by atoms with Crippen molar-refractivity contribution < 1.29 is 4.79 Å². The van der Waals surface area contributed by atoms with E-state index < -0.39 is 0 Å². The van der Waals surface area contributed by atoms with E-state index in [1.54, 1.807) is 0 Å². The van der Waals surface area contributed by atoms with Gasteiger partial charge in [-0.15, -0.1) is 0 Å². The molecule has 3 nitrogen and oxygen atoms in total. The number of nitrogens with one attached hydrogen (secondary N) is 1. The van der Waals surface area contributed by atoms with Crippen molar-refractivity contribution in [2.75, 3.05) is 0 Å². The third kappa shape index (κ3) is 3.60. The SMILES string of the molecule is CC[C@@H](N)C[C@H](C)C(=O)N[C@@H]1CCCc2ccccc21. The van der Waals surface area contributed by atoms with Crippen molar-refractivity contribution in [3.8, 4) is 0 Å². The van der Waals surface area contributed by atoms with Gasteiger partial charge in [-0.1, -0.05) is 38.1 Å². The van der Waals surface area contributed by atoms with Gasteiger partial charge in [-0.25, -0.2) is 0 Å². The van der Waals surface area contributed by atoms with Crippen LogP contribution in [0.5, 0.6) is 0 Å². The summed E-state index contributed by atoms with van der Waals surface area (Å²) in [6, 6.07) is 8.74. The van der Waals surface area contributed by atoms with Crippen LogP contribution in [0.15, 0.2) is 24.3 Å². The van der Waals surface area contributed by atoms with Crippen LogP contribution in [0, 0.1) is 5.92 Å². The Kier molecular flexibility index (Phi) is 5.18. The highest BCUT2D eigenvalue weighted by molar-refractivity contribution is 5.78. The summed E-state index contributed by atoms with van der Waals surface area (Å²) in [5, 5.41) is 3.21. The summed E-state index contributed by atoms with van der Waals surface area (Å²) in [6.45, 7) is 4.03. The Morgan fingerprint density at radius 2 is 2.20 bits per heavy atom. The number of hydrogen-bond acceptors (Lipinski definition) is 2. The molecular weight excluding hydrogens is 248 g/mol. The molecule has 0 radical (unpaired) electrons. The lowest BCUT2D eigenvalue weighted by Crippen LogP contribution is -2.36. The van der Waals surface area contributed by atoms with Gasteiger partial charge >= 0.3 is 0 Å². The van der Waals surface area contributed by atoms with Gasteiger partial charge in [-0.3, -0.25) is 4.79 Å². The Bertz CT molecular complexity index is 458. The predicted octanol–water partition coefficient (Wildman–Crippen LogP) is 2.94. The monoisotopic (exact) mass is 274 g/mol. The molecule has 0 saturated carbocycles. The van der Waals surface area contributed by atoms with Gasteiger partial charge in [0.15, 0.2) is 0 Å². The van der Waals surface area contributed by atoms with Crippen LogP contribution in [-0.2, 0) is 11.2 Å². The molecule has 0 aliphatic heterocycles. The number of carbonyl (C=O) groups excluding carboxylic acids is 1. The average Bonchev–Trinajstić information content (AvgIpc) is 2.47. The minimum absolute atomic E-state index is 0.0148. The van der Waals surface area contributed by atoms with Crippen LogP contribution in [-0.4, -0.2) is 11.9 Å². The maximum absolute atomic E-state index is 12.3. The molecule has 0 unspecified atom stereocenters. The zero-order valence-corrected chi connectivity index (χ0v) is 12.6. The van der Waals surface area contributed by atoms with E-state index in [0.717, 1.165) is 32.1 Å². The van der Waals surface area contributed by atoms with Gasteiger partial charge in [0, 0.05) is 12.0 Å². The van der Waals surface area contributed by atoms with Gasteiger partial charge in [-0.2, -0.15) is 0 Å². The molecule has 1 aromatic carbocycles. The van der Waals surface area contributed by atoms with E-state index in [1.165, 1.54) is 11.1 Å². The van der Waals surface area contributed by atoms with Crippen molar-refractivity contribution in [3.63, 3.8) is 0 Å². The van der Waals surface area contributed by atoms with E-state index in [1.807, 2.05) is 6.92 Å². The fourth-order valence-corrected chi connectivity index (χ4v) is 2.95. The number of hydrogen-bond donors (Lipinski definition) is 2. The first-order valence-corrected chi connectivity index (χ1v) is 7.75. The Morgan fingerprint density at radius 3 is 2.95 bits per heavy atom. The van der Waals surface area contributed by atoms with Crippen LogP contribution in [0.2, 0.25) is 0 Å². The smallest absolute Gasteiger partial charge is 0.223 e. The van der Waals surface area contributed by atoms with Crippen LogP contribution < -0.4 is 11.1 Å². The maximum atomic E-state index is 12.3.